The zero-order chi connectivity index (χ0) is 29.1. The van der Waals surface area contributed by atoms with Crippen molar-refractivity contribution < 1.29 is 27.4 Å². The van der Waals surface area contributed by atoms with Crippen molar-refractivity contribution in [1.29, 1.82) is 0 Å². The van der Waals surface area contributed by atoms with Gasteiger partial charge in [0.05, 0.1) is 27.0 Å². The lowest BCUT2D eigenvalue weighted by Crippen LogP contribution is -2.39. The van der Waals surface area contributed by atoms with E-state index < -0.39 is 22.5 Å². The summed E-state index contributed by atoms with van der Waals surface area (Å²) in [6, 6.07) is 30.5. The summed E-state index contributed by atoms with van der Waals surface area (Å²) in [6.07, 6.45) is 1.47. The number of methoxy groups -OCH3 is 2. The minimum atomic E-state index is -4.18. The summed E-state index contributed by atoms with van der Waals surface area (Å²) in [5.74, 6) is 0.514. The number of sulfonamides is 1. The van der Waals surface area contributed by atoms with Gasteiger partial charge in [-0.15, -0.1) is 0 Å². The van der Waals surface area contributed by atoms with E-state index in [1.54, 1.807) is 36.4 Å². The Morgan fingerprint density at radius 3 is 2.22 bits per heavy atom. The fourth-order valence-corrected chi connectivity index (χ4v) is 5.49. The molecule has 4 aromatic carbocycles. The molecule has 10 heteroatoms. The molecular weight excluding hydrogens is 542 g/mol. The zero-order valence-electron chi connectivity index (χ0n) is 22.8. The van der Waals surface area contributed by atoms with Crippen LogP contribution in [0.25, 0.3) is 0 Å². The number of nitrogens with zero attached hydrogens (tertiary/aromatic N) is 2. The van der Waals surface area contributed by atoms with E-state index in [2.05, 4.69) is 10.5 Å². The normalized spacial score (nSPS) is 11.4. The maximum atomic E-state index is 13.8. The van der Waals surface area contributed by atoms with Crippen molar-refractivity contribution in [2.45, 2.75) is 18.0 Å². The van der Waals surface area contributed by atoms with Gasteiger partial charge in [0.15, 0.2) is 0 Å². The van der Waals surface area contributed by atoms with Crippen molar-refractivity contribution in [2.24, 2.45) is 5.10 Å². The first-order valence-electron chi connectivity index (χ1n) is 12.7. The Balaban J connectivity index is 1.47. The first kappa shape index (κ1) is 29.3. The van der Waals surface area contributed by atoms with Crippen LogP contribution in [-0.2, 0) is 28.0 Å². The first-order valence-corrected chi connectivity index (χ1v) is 14.2. The average Bonchev–Trinajstić information content (AvgIpc) is 3.00. The van der Waals surface area contributed by atoms with Gasteiger partial charge < -0.3 is 14.2 Å². The molecule has 0 radical (unpaired) electrons. The summed E-state index contributed by atoms with van der Waals surface area (Å²) >= 11 is 0. The Morgan fingerprint density at radius 1 is 0.829 bits per heavy atom. The molecule has 0 saturated carbocycles. The van der Waals surface area contributed by atoms with Crippen LogP contribution in [0.2, 0.25) is 0 Å². The number of carbonyl (C=O) groups is 1. The molecule has 4 rings (SSSR count). The topological polar surface area (TPSA) is 107 Å². The lowest BCUT2D eigenvalue weighted by atomic mass is 10.2. The molecule has 1 N–H and O–H groups in total. The lowest BCUT2D eigenvalue weighted by molar-refractivity contribution is -0.121. The Kier molecular flexibility index (Phi) is 10.1. The van der Waals surface area contributed by atoms with Crippen molar-refractivity contribution in [3.05, 3.63) is 120 Å². The molecule has 212 valence electrons. The number of hydrogen-bond donors (Lipinski definition) is 1. The summed E-state index contributed by atoms with van der Waals surface area (Å²) in [5, 5.41) is 4.03. The molecular formula is C31H31N3O6S. The quantitative estimate of drug-likeness (QED) is 0.185. The average molecular weight is 574 g/mol. The molecule has 0 bridgehead atoms. The predicted octanol–water partition coefficient (Wildman–Crippen LogP) is 4.62. The van der Waals surface area contributed by atoms with E-state index in [0.29, 0.717) is 29.2 Å². The SMILES string of the molecule is COc1ccc(OC)c(S(=O)(=O)N(CC(=O)N/N=C/c2cccc(OCc3ccccc3)c2)Cc2ccccc2)c1. The number of nitrogens with one attached hydrogen (secondary N) is 1. The molecule has 0 spiro atoms. The Bertz CT molecular complexity index is 1580. The van der Waals surface area contributed by atoms with E-state index in [1.807, 2.05) is 54.6 Å². The smallest absolute Gasteiger partial charge is 0.255 e. The molecule has 1 amide bonds. The molecule has 0 aliphatic heterocycles. The van der Waals surface area contributed by atoms with E-state index >= 15 is 0 Å². The monoisotopic (exact) mass is 573 g/mol. The minimum Gasteiger partial charge on any atom is -0.497 e. The Labute approximate surface area is 240 Å². The zero-order valence-corrected chi connectivity index (χ0v) is 23.6. The van der Waals surface area contributed by atoms with Gasteiger partial charge >= 0.3 is 0 Å². The number of hydrazone groups is 1. The third-order valence-electron chi connectivity index (χ3n) is 6.02. The highest BCUT2D eigenvalue weighted by Crippen LogP contribution is 2.31. The highest BCUT2D eigenvalue weighted by molar-refractivity contribution is 7.89. The van der Waals surface area contributed by atoms with Gasteiger partial charge in [-0.1, -0.05) is 72.8 Å². The van der Waals surface area contributed by atoms with Crippen LogP contribution in [0, 0.1) is 0 Å². The molecule has 41 heavy (non-hydrogen) atoms. The van der Waals surface area contributed by atoms with Crippen LogP contribution in [0.5, 0.6) is 17.2 Å². The number of carbonyl (C=O) groups excluding carboxylic acids is 1. The second-order valence-corrected chi connectivity index (χ2v) is 10.8. The summed E-state index contributed by atoms with van der Waals surface area (Å²) in [5.41, 5.74) is 4.88. The molecule has 0 aromatic heterocycles. The van der Waals surface area contributed by atoms with Crippen molar-refractivity contribution in [3.63, 3.8) is 0 Å². The van der Waals surface area contributed by atoms with Gasteiger partial charge in [0.25, 0.3) is 5.91 Å². The largest absolute Gasteiger partial charge is 0.497 e. The van der Waals surface area contributed by atoms with E-state index in [1.165, 1.54) is 32.6 Å². The van der Waals surface area contributed by atoms with Gasteiger partial charge in [-0.2, -0.15) is 9.41 Å². The van der Waals surface area contributed by atoms with Gasteiger partial charge in [-0.25, -0.2) is 13.8 Å². The summed E-state index contributed by atoms with van der Waals surface area (Å²) in [7, 11) is -1.36. The second kappa shape index (κ2) is 14.1. The van der Waals surface area contributed by atoms with Crippen LogP contribution in [0.1, 0.15) is 16.7 Å². The maximum Gasteiger partial charge on any atom is 0.255 e. The second-order valence-electron chi connectivity index (χ2n) is 8.92. The molecule has 0 unspecified atom stereocenters. The van der Waals surface area contributed by atoms with Crippen LogP contribution in [0.3, 0.4) is 0 Å². The lowest BCUT2D eigenvalue weighted by Gasteiger charge is -2.23. The number of amides is 1. The van der Waals surface area contributed by atoms with Crippen LogP contribution < -0.4 is 19.6 Å². The summed E-state index contributed by atoms with van der Waals surface area (Å²) in [4.78, 5) is 12.8. The third-order valence-corrected chi connectivity index (χ3v) is 7.83. The number of hydrogen-bond acceptors (Lipinski definition) is 7. The Morgan fingerprint density at radius 2 is 1.54 bits per heavy atom. The van der Waals surface area contributed by atoms with Gasteiger partial charge in [0, 0.05) is 12.6 Å². The van der Waals surface area contributed by atoms with Crippen LogP contribution in [0.4, 0.5) is 0 Å². The first-order chi connectivity index (χ1) is 19.9. The molecule has 0 heterocycles. The van der Waals surface area contributed by atoms with Crippen molar-refractivity contribution in [3.8, 4) is 17.2 Å². The van der Waals surface area contributed by atoms with E-state index in [4.69, 9.17) is 14.2 Å². The van der Waals surface area contributed by atoms with Gasteiger partial charge in [-0.05, 0) is 41.0 Å². The molecule has 4 aromatic rings. The van der Waals surface area contributed by atoms with E-state index in [-0.39, 0.29) is 17.2 Å². The minimum absolute atomic E-state index is 0.0402. The van der Waals surface area contributed by atoms with Gasteiger partial charge in [-0.3, -0.25) is 4.79 Å². The van der Waals surface area contributed by atoms with Gasteiger partial charge in [0.1, 0.15) is 28.8 Å². The van der Waals surface area contributed by atoms with Crippen molar-refractivity contribution >= 4 is 22.1 Å². The highest BCUT2D eigenvalue weighted by Gasteiger charge is 2.30. The van der Waals surface area contributed by atoms with Crippen molar-refractivity contribution in [1.82, 2.24) is 9.73 Å². The fourth-order valence-electron chi connectivity index (χ4n) is 3.94. The van der Waals surface area contributed by atoms with E-state index in [9.17, 15) is 13.2 Å². The molecule has 0 atom stereocenters. The summed E-state index contributed by atoms with van der Waals surface area (Å²) in [6.45, 7) is -0.0986. The van der Waals surface area contributed by atoms with Crippen LogP contribution in [-0.4, -0.2) is 45.6 Å². The number of ether oxygens (including phenoxy) is 3. The van der Waals surface area contributed by atoms with Crippen molar-refractivity contribution in [2.75, 3.05) is 20.8 Å². The van der Waals surface area contributed by atoms with Crippen LogP contribution >= 0.6 is 0 Å². The third kappa shape index (κ3) is 8.17. The highest BCUT2D eigenvalue weighted by atomic mass is 32.2. The molecule has 0 aliphatic carbocycles. The summed E-state index contributed by atoms with van der Waals surface area (Å²) < 4.78 is 45.0. The number of benzene rings is 4. The molecule has 9 nitrogen and oxygen atoms in total. The Hall–Kier alpha value is -4.67. The van der Waals surface area contributed by atoms with E-state index in [0.717, 1.165) is 9.87 Å². The fraction of sp³-hybridized carbons (Fsp3) is 0.161. The maximum absolute atomic E-state index is 13.8. The molecule has 0 saturated heterocycles. The molecule has 0 aliphatic rings. The molecule has 0 fully saturated rings. The predicted molar refractivity (Wildman–Crippen MR) is 157 cm³/mol. The van der Waals surface area contributed by atoms with Gasteiger partial charge in [0.2, 0.25) is 10.0 Å². The standard InChI is InChI=1S/C31H31N3O6S/c1-38-27-16-17-29(39-2)30(19-27)41(36,37)34(21-24-10-5-3-6-11-24)22-31(35)33-32-20-26-14-9-15-28(18-26)40-23-25-12-7-4-8-13-25/h3-20H,21-23H2,1-2H3,(H,33,35)/b32-20+. The number of rotatable bonds is 13. The van der Waals surface area contributed by atoms with Crippen LogP contribution in [0.15, 0.2) is 113 Å².